The maximum absolute atomic E-state index is 14.7. The first-order valence-electron chi connectivity index (χ1n) is 21.7. The van der Waals surface area contributed by atoms with Gasteiger partial charge in [0.05, 0.1) is 53.2 Å². The number of hydrogen-bond acceptors (Lipinski definition) is 13. The van der Waals surface area contributed by atoms with Crippen LogP contribution < -0.4 is 5.32 Å². The number of carbonyl (C=O) groups is 5. The van der Waals surface area contributed by atoms with Crippen LogP contribution in [0.5, 0.6) is 0 Å². The lowest BCUT2D eigenvalue weighted by Gasteiger charge is -2.47. The highest BCUT2D eigenvalue weighted by Crippen LogP contribution is 2.41. The Labute approximate surface area is 369 Å². The molecule has 3 aliphatic rings. The summed E-state index contributed by atoms with van der Waals surface area (Å²) in [4.78, 5) is 76.3. The molecule has 1 amide bonds. The predicted molar refractivity (Wildman–Crippen MR) is 235 cm³/mol. The summed E-state index contributed by atoms with van der Waals surface area (Å²) in [7, 11) is 3.75. The van der Waals surface area contributed by atoms with Crippen molar-refractivity contribution in [3.63, 3.8) is 0 Å². The molecule has 0 spiro atoms. The maximum atomic E-state index is 14.7. The summed E-state index contributed by atoms with van der Waals surface area (Å²) in [6, 6.07) is 17.1. The Hall–Kier alpha value is -5.28. The number of benzene rings is 2. The third kappa shape index (κ3) is 10.3. The predicted octanol–water partition coefficient (Wildman–Crippen LogP) is 6.89. The molecule has 0 saturated carbocycles. The minimum Gasteiger partial charge on any atom is -0.454 e. The number of Topliss-reactive ketones (excluding diaryl/α,β-unsaturated/α-hetero) is 2. The van der Waals surface area contributed by atoms with Crippen molar-refractivity contribution in [3.8, 4) is 0 Å². The number of alkyl carbamates (subject to hydrolysis) is 1. The smallest absolute Gasteiger partial charge is 0.408 e. The molecule has 0 aliphatic carbocycles. The van der Waals surface area contributed by atoms with Crippen LogP contribution in [-0.4, -0.2) is 114 Å². The average Bonchev–Trinajstić information content (AvgIpc) is 3.58. The molecule has 14 heteroatoms. The Bertz CT molecular complexity index is 2210. The lowest BCUT2D eigenvalue weighted by Crippen LogP contribution is -2.60. The molecule has 3 saturated heterocycles. The van der Waals surface area contributed by atoms with Crippen LogP contribution in [0.4, 0.5) is 4.79 Å². The van der Waals surface area contributed by atoms with Crippen molar-refractivity contribution in [3.05, 3.63) is 96.2 Å². The van der Waals surface area contributed by atoms with E-state index in [0.717, 1.165) is 16.5 Å². The van der Waals surface area contributed by atoms with E-state index in [1.807, 2.05) is 68.4 Å². The van der Waals surface area contributed by atoms with Crippen LogP contribution in [0.15, 0.2) is 85.1 Å². The van der Waals surface area contributed by atoms with Crippen LogP contribution in [0.3, 0.4) is 0 Å². The summed E-state index contributed by atoms with van der Waals surface area (Å²) in [6.07, 6.45) is 0.502. The van der Waals surface area contributed by atoms with E-state index in [4.69, 9.17) is 28.4 Å². The molecule has 4 heterocycles. The van der Waals surface area contributed by atoms with Gasteiger partial charge in [-0.3, -0.25) is 14.6 Å². The zero-order valence-electron chi connectivity index (χ0n) is 37.7. The van der Waals surface area contributed by atoms with Crippen LogP contribution in [0.25, 0.3) is 17.0 Å². The summed E-state index contributed by atoms with van der Waals surface area (Å²) in [5.74, 6) is -5.25. The lowest BCUT2D eigenvalue weighted by molar-refractivity contribution is -0.295. The Morgan fingerprint density at radius 2 is 1.70 bits per heavy atom. The molecule has 0 bridgehead atoms. The molecule has 338 valence electrons. The van der Waals surface area contributed by atoms with Gasteiger partial charge in [0, 0.05) is 29.3 Å². The molecule has 3 aliphatic heterocycles. The van der Waals surface area contributed by atoms with Gasteiger partial charge < -0.3 is 38.6 Å². The van der Waals surface area contributed by atoms with Crippen molar-refractivity contribution < 1.29 is 52.4 Å². The Kier molecular flexibility index (Phi) is 14.7. The first-order chi connectivity index (χ1) is 29.9. The normalized spacial score (nSPS) is 33.4. The van der Waals surface area contributed by atoms with E-state index in [1.54, 1.807) is 78.1 Å². The van der Waals surface area contributed by atoms with Crippen molar-refractivity contribution >= 4 is 46.6 Å². The van der Waals surface area contributed by atoms with Crippen LogP contribution >= 0.6 is 0 Å². The molecule has 63 heavy (non-hydrogen) atoms. The highest BCUT2D eigenvalue weighted by molar-refractivity contribution is 6.17. The number of carbonyl (C=O) groups excluding carboxylic acids is 5. The average molecular weight is 868 g/mol. The Morgan fingerprint density at radius 1 is 1.00 bits per heavy atom. The number of nitrogens with one attached hydrogen (secondary N) is 1. The first kappa shape index (κ1) is 47.2. The number of rotatable bonds is 10. The zero-order valence-corrected chi connectivity index (χ0v) is 37.7. The third-order valence-electron chi connectivity index (χ3n) is 12.8. The number of hydrogen-bond donors (Lipinski definition) is 1. The van der Waals surface area contributed by atoms with E-state index in [1.165, 1.54) is 0 Å². The number of ketones is 2. The van der Waals surface area contributed by atoms with E-state index in [0.29, 0.717) is 12.0 Å². The van der Waals surface area contributed by atoms with E-state index in [2.05, 4.69) is 16.9 Å². The number of amides is 1. The Balaban J connectivity index is 1.43. The van der Waals surface area contributed by atoms with Crippen molar-refractivity contribution in [1.29, 1.82) is 0 Å². The minimum atomic E-state index is -1.47. The monoisotopic (exact) mass is 867 g/mol. The van der Waals surface area contributed by atoms with Gasteiger partial charge in [-0.15, -0.1) is 0 Å². The van der Waals surface area contributed by atoms with Crippen molar-refractivity contribution in [2.45, 2.75) is 122 Å². The standard InChI is InChI=1S/C49H61N3O11/c1-11-38-49(8)42(51-47(57)63-49)30(4)39(53)28(2)26-48(7,58-23-17-18-33-25-35-21-15-16-22-36(35)50-27-33)43(31(5)40(54)32(6)44(55)60-38)62-46-41(37(52(9)10)24-29(3)59-46)61-45(56)34-19-13-12-14-20-34/h12-22,25,27-31,37-38,41-43,46H,6,11,23-24,26H2,1-5,7-10H3,(H,51,57)/b18-17+/t28-,29-,30+,31+,37+,38-,41-,42-,43-,46+,48+,49-/m1/s1. The SMILES string of the molecule is C=C1C(=O)O[C@H](CC)[C@@]2(C)OC(=O)N[C@@H]2[C@@H](C)C(=O)[C@H](C)C[C@](C)(OC/C=C/c2cnc3ccccc3c2)[C@H](O[C@@H]2O[C@H](C)C[C@H](N(C)C)[C@H]2OC(=O)c2ccccc2)[C@@H](C)C1=O. The van der Waals surface area contributed by atoms with E-state index in [9.17, 15) is 24.0 Å². The highest BCUT2D eigenvalue weighted by atomic mass is 16.7. The second-order valence-electron chi connectivity index (χ2n) is 17.8. The van der Waals surface area contributed by atoms with Crippen molar-refractivity contribution in [2.24, 2.45) is 17.8 Å². The Morgan fingerprint density at radius 3 is 2.40 bits per heavy atom. The molecule has 14 nitrogen and oxygen atoms in total. The summed E-state index contributed by atoms with van der Waals surface area (Å²) in [6.45, 7) is 16.0. The fourth-order valence-corrected chi connectivity index (χ4v) is 9.42. The molecule has 2 aromatic carbocycles. The van der Waals surface area contributed by atoms with Gasteiger partial charge in [-0.25, -0.2) is 14.4 Å². The summed E-state index contributed by atoms with van der Waals surface area (Å²) >= 11 is 0. The molecule has 1 N–H and O–H groups in total. The van der Waals surface area contributed by atoms with Gasteiger partial charge in [0.25, 0.3) is 0 Å². The number of cyclic esters (lactones) is 1. The molecule has 1 aromatic heterocycles. The first-order valence-corrected chi connectivity index (χ1v) is 21.7. The van der Waals surface area contributed by atoms with E-state index < -0.39 is 89.0 Å². The van der Waals surface area contributed by atoms with E-state index >= 15 is 0 Å². The number of nitrogens with zero attached hydrogens (tertiary/aromatic N) is 2. The van der Waals surface area contributed by atoms with Gasteiger partial charge in [-0.2, -0.15) is 0 Å². The number of para-hydroxylation sites is 1. The molecular weight excluding hydrogens is 807 g/mol. The zero-order chi connectivity index (χ0) is 45.8. The largest absolute Gasteiger partial charge is 0.454 e. The number of esters is 2. The van der Waals surface area contributed by atoms with E-state index in [-0.39, 0.29) is 37.4 Å². The number of aromatic nitrogens is 1. The van der Waals surface area contributed by atoms with Gasteiger partial charge in [0.1, 0.15) is 11.9 Å². The van der Waals surface area contributed by atoms with Gasteiger partial charge in [-0.1, -0.05) is 82.8 Å². The van der Waals surface area contributed by atoms with Gasteiger partial charge in [0.15, 0.2) is 23.8 Å². The van der Waals surface area contributed by atoms with Crippen LogP contribution in [0.2, 0.25) is 0 Å². The van der Waals surface area contributed by atoms with Gasteiger partial charge >= 0.3 is 18.0 Å². The minimum absolute atomic E-state index is 0.000986. The second kappa shape index (κ2) is 19.6. The van der Waals surface area contributed by atoms with Crippen LogP contribution in [-0.2, 0) is 42.8 Å². The molecular formula is C49H61N3O11. The van der Waals surface area contributed by atoms with Crippen molar-refractivity contribution in [2.75, 3.05) is 20.7 Å². The molecule has 0 radical (unpaired) electrons. The molecule has 3 aromatic rings. The number of likely N-dealkylation sites (N-methyl/N-ethyl adjacent to an activating group) is 1. The van der Waals surface area contributed by atoms with Crippen LogP contribution in [0, 0.1) is 17.8 Å². The van der Waals surface area contributed by atoms with Crippen molar-refractivity contribution in [1.82, 2.24) is 15.2 Å². The van der Waals surface area contributed by atoms with Gasteiger partial charge in [0.2, 0.25) is 0 Å². The topological polar surface area (TPSA) is 169 Å². The van der Waals surface area contributed by atoms with Gasteiger partial charge in [-0.05, 0) is 84.0 Å². The number of ether oxygens (including phenoxy) is 6. The lowest BCUT2D eigenvalue weighted by atomic mass is 9.74. The second-order valence-corrected chi connectivity index (χ2v) is 17.8. The third-order valence-corrected chi connectivity index (χ3v) is 12.8. The summed E-state index contributed by atoms with van der Waals surface area (Å²) in [5.41, 5.74) is -1.37. The fraction of sp³-hybridized carbons (Fsp3) is 0.510. The number of fused-ring (bicyclic) bond motifs is 2. The number of pyridine rings is 1. The molecule has 0 unspecified atom stereocenters. The maximum Gasteiger partial charge on any atom is 0.408 e. The van der Waals surface area contributed by atoms with Crippen LogP contribution in [0.1, 0.15) is 83.7 Å². The summed E-state index contributed by atoms with van der Waals surface area (Å²) in [5, 5.41) is 3.75. The summed E-state index contributed by atoms with van der Waals surface area (Å²) < 4.78 is 38.2. The fourth-order valence-electron chi connectivity index (χ4n) is 9.42. The molecule has 6 rings (SSSR count). The quantitative estimate of drug-likeness (QED) is 0.0969. The highest BCUT2D eigenvalue weighted by Gasteiger charge is 2.57. The molecule has 3 fully saturated rings. The molecule has 12 atom stereocenters.